The van der Waals surface area contributed by atoms with Gasteiger partial charge in [-0.05, 0) is 95.0 Å². The maximum absolute atomic E-state index is 13.3. The molecule has 3 rings (SSSR count). The number of hydrogen-bond donors (Lipinski definition) is 2. The van der Waals surface area contributed by atoms with E-state index < -0.39 is 39.3 Å². The Hall–Kier alpha value is -3.85. The van der Waals surface area contributed by atoms with E-state index in [0.29, 0.717) is 11.3 Å². The van der Waals surface area contributed by atoms with Gasteiger partial charge in [0.2, 0.25) is 0 Å². The molecule has 1 amide bonds. The first-order chi connectivity index (χ1) is 18.5. The molecular weight excluding hydrogens is 528 g/mol. The summed E-state index contributed by atoms with van der Waals surface area (Å²) in [5.74, 6) is -0.624. The molecule has 0 aliphatic carbocycles. The standard InChI is InChI=1S/C31H38N2O6S/c1-21-16-17-25(33-40(36,37)26-15-11-14-23(19-26)22-12-9-8-10-13-22)18-24(21)20-27(28(34)38-30(2,3)4)32-29(35)39-31(5,6)7/h8-19,27,33H,20H2,1-7H3,(H,32,35)/t27-/m0/s1. The molecule has 2 N–H and O–H groups in total. The summed E-state index contributed by atoms with van der Waals surface area (Å²) in [4.78, 5) is 25.7. The second-order valence-electron chi connectivity index (χ2n) is 11.6. The zero-order chi connectivity index (χ0) is 29.7. The van der Waals surface area contributed by atoms with Crippen LogP contribution in [0.2, 0.25) is 0 Å². The molecule has 0 aliphatic rings. The molecule has 40 heavy (non-hydrogen) atoms. The van der Waals surface area contributed by atoms with Crippen LogP contribution in [0.15, 0.2) is 77.7 Å². The van der Waals surface area contributed by atoms with Crippen molar-refractivity contribution in [3.05, 3.63) is 83.9 Å². The van der Waals surface area contributed by atoms with Gasteiger partial charge in [0.15, 0.2) is 0 Å². The number of aryl methyl sites for hydroxylation is 1. The number of hydrogen-bond acceptors (Lipinski definition) is 6. The monoisotopic (exact) mass is 566 g/mol. The minimum Gasteiger partial charge on any atom is -0.458 e. The van der Waals surface area contributed by atoms with Gasteiger partial charge >= 0.3 is 12.1 Å². The van der Waals surface area contributed by atoms with Crippen LogP contribution in [0.1, 0.15) is 52.7 Å². The lowest BCUT2D eigenvalue weighted by Crippen LogP contribution is -2.47. The minimum atomic E-state index is -3.91. The third-order valence-corrected chi connectivity index (χ3v) is 7.04. The van der Waals surface area contributed by atoms with Gasteiger partial charge in [0.05, 0.1) is 4.90 Å². The predicted octanol–water partition coefficient (Wildman–Crippen LogP) is 6.24. The number of rotatable bonds is 8. The van der Waals surface area contributed by atoms with Crippen molar-refractivity contribution >= 4 is 27.8 Å². The Balaban J connectivity index is 1.86. The summed E-state index contributed by atoms with van der Waals surface area (Å²) in [6.07, 6.45) is -0.685. The average molecular weight is 567 g/mol. The molecule has 9 heteroatoms. The predicted molar refractivity (Wildman–Crippen MR) is 157 cm³/mol. The van der Waals surface area contributed by atoms with Gasteiger partial charge in [-0.3, -0.25) is 4.72 Å². The van der Waals surface area contributed by atoms with Crippen molar-refractivity contribution in [2.24, 2.45) is 0 Å². The Morgan fingerprint density at radius 1 is 0.800 bits per heavy atom. The van der Waals surface area contributed by atoms with Crippen LogP contribution in [0.5, 0.6) is 0 Å². The van der Waals surface area contributed by atoms with Crippen molar-refractivity contribution in [2.45, 2.75) is 77.0 Å². The van der Waals surface area contributed by atoms with Gasteiger partial charge in [0.1, 0.15) is 17.2 Å². The van der Waals surface area contributed by atoms with Crippen LogP contribution in [0.3, 0.4) is 0 Å². The molecule has 0 heterocycles. The molecule has 3 aromatic rings. The number of carbonyl (C=O) groups is 2. The molecule has 0 radical (unpaired) electrons. The largest absolute Gasteiger partial charge is 0.458 e. The van der Waals surface area contributed by atoms with E-state index in [-0.39, 0.29) is 11.3 Å². The highest BCUT2D eigenvalue weighted by molar-refractivity contribution is 7.92. The summed E-state index contributed by atoms with van der Waals surface area (Å²) in [7, 11) is -3.91. The molecule has 0 spiro atoms. The zero-order valence-corrected chi connectivity index (χ0v) is 24.9. The molecule has 0 unspecified atom stereocenters. The van der Waals surface area contributed by atoms with Gasteiger partial charge in [-0.1, -0.05) is 48.5 Å². The third kappa shape index (κ3) is 9.12. The van der Waals surface area contributed by atoms with Gasteiger partial charge in [-0.25, -0.2) is 18.0 Å². The number of sulfonamides is 1. The Bertz CT molecular complexity index is 1460. The van der Waals surface area contributed by atoms with Crippen LogP contribution in [-0.4, -0.2) is 37.7 Å². The molecular formula is C31H38N2O6S. The van der Waals surface area contributed by atoms with E-state index in [4.69, 9.17) is 9.47 Å². The fraction of sp³-hybridized carbons (Fsp3) is 0.355. The van der Waals surface area contributed by atoms with Crippen molar-refractivity contribution in [1.82, 2.24) is 5.32 Å². The molecule has 0 saturated heterocycles. The van der Waals surface area contributed by atoms with Crippen molar-refractivity contribution in [3.8, 4) is 11.1 Å². The van der Waals surface area contributed by atoms with Crippen molar-refractivity contribution in [3.63, 3.8) is 0 Å². The van der Waals surface area contributed by atoms with Gasteiger partial charge in [0, 0.05) is 12.1 Å². The summed E-state index contributed by atoms with van der Waals surface area (Å²) in [6, 6.07) is 20.2. The SMILES string of the molecule is Cc1ccc(NS(=O)(=O)c2cccc(-c3ccccc3)c2)cc1C[C@H](NC(=O)OC(C)(C)C)C(=O)OC(C)(C)C. The molecule has 0 saturated carbocycles. The number of nitrogens with one attached hydrogen (secondary N) is 2. The third-order valence-electron chi connectivity index (χ3n) is 5.66. The molecule has 0 aromatic heterocycles. The van der Waals surface area contributed by atoms with Gasteiger partial charge < -0.3 is 14.8 Å². The van der Waals surface area contributed by atoms with E-state index in [1.54, 1.807) is 71.9 Å². The van der Waals surface area contributed by atoms with Gasteiger partial charge in [-0.15, -0.1) is 0 Å². The fourth-order valence-electron chi connectivity index (χ4n) is 3.88. The number of benzene rings is 3. The number of anilines is 1. The second-order valence-corrected chi connectivity index (χ2v) is 13.3. The lowest BCUT2D eigenvalue weighted by molar-refractivity contribution is -0.157. The van der Waals surface area contributed by atoms with Crippen molar-refractivity contribution < 1.29 is 27.5 Å². The first kappa shape index (κ1) is 30.7. The van der Waals surface area contributed by atoms with Crippen LogP contribution in [0, 0.1) is 6.92 Å². The summed E-state index contributed by atoms with van der Waals surface area (Å²) in [6.45, 7) is 12.2. The maximum Gasteiger partial charge on any atom is 0.408 e. The Labute approximate surface area is 237 Å². The molecule has 1 atom stereocenters. The van der Waals surface area contributed by atoms with Gasteiger partial charge in [0.25, 0.3) is 10.0 Å². The summed E-state index contributed by atoms with van der Waals surface area (Å²) in [5.41, 5.74) is 1.95. The van der Waals surface area contributed by atoms with Gasteiger partial charge in [-0.2, -0.15) is 0 Å². The van der Waals surface area contributed by atoms with E-state index in [2.05, 4.69) is 10.0 Å². The topological polar surface area (TPSA) is 111 Å². The van der Waals surface area contributed by atoms with E-state index in [1.807, 2.05) is 43.3 Å². The highest BCUT2D eigenvalue weighted by Gasteiger charge is 2.29. The van der Waals surface area contributed by atoms with Crippen LogP contribution in [-0.2, 0) is 30.7 Å². The van der Waals surface area contributed by atoms with E-state index in [0.717, 1.165) is 16.7 Å². The minimum absolute atomic E-state index is 0.0685. The summed E-state index contributed by atoms with van der Waals surface area (Å²) in [5, 5.41) is 2.61. The number of alkyl carbamates (subject to hydrolysis) is 1. The summed E-state index contributed by atoms with van der Waals surface area (Å²) < 4.78 is 40.1. The Morgan fingerprint density at radius 3 is 2.05 bits per heavy atom. The number of esters is 1. The lowest BCUT2D eigenvalue weighted by Gasteiger charge is -2.26. The first-order valence-electron chi connectivity index (χ1n) is 13.0. The Kier molecular flexibility index (Phi) is 9.30. The van der Waals surface area contributed by atoms with E-state index >= 15 is 0 Å². The van der Waals surface area contributed by atoms with Crippen molar-refractivity contribution in [1.29, 1.82) is 0 Å². The smallest absolute Gasteiger partial charge is 0.408 e. The summed E-state index contributed by atoms with van der Waals surface area (Å²) >= 11 is 0. The fourth-order valence-corrected chi connectivity index (χ4v) is 4.97. The normalized spacial score (nSPS) is 12.8. The van der Waals surface area contributed by atoms with Crippen LogP contribution >= 0.6 is 0 Å². The number of carbonyl (C=O) groups excluding carboxylic acids is 2. The zero-order valence-electron chi connectivity index (χ0n) is 24.1. The highest BCUT2D eigenvalue weighted by Crippen LogP contribution is 2.25. The molecule has 8 nitrogen and oxygen atoms in total. The molecule has 0 aliphatic heterocycles. The lowest BCUT2D eigenvalue weighted by atomic mass is 10.00. The molecule has 3 aromatic carbocycles. The molecule has 0 fully saturated rings. The maximum atomic E-state index is 13.3. The number of amides is 1. The highest BCUT2D eigenvalue weighted by atomic mass is 32.2. The average Bonchev–Trinajstić information content (AvgIpc) is 2.84. The number of ether oxygens (including phenoxy) is 2. The molecule has 0 bridgehead atoms. The van der Waals surface area contributed by atoms with Crippen LogP contribution in [0.4, 0.5) is 10.5 Å². The second kappa shape index (κ2) is 12.1. The quantitative estimate of drug-likeness (QED) is 0.312. The Morgan fingerprint density at radius 2 is 1.43 bits per heavy atom. The van der Waals surface area contributed by atoms with E-state index in [9.17, 15) is 18.0 Å². The van der Waals surface area contributed by atoms with E-state index in [1.165, 1.54) is 6.07 Å². The van der Waals surface area contributed by atoms with Crippen LogP contribution in [0.25, 0.3) is 11.1 Å². The van der Waals surface area contributed by atoms with Crippen LogP contribution < -0.4 is 10.0 Å². The first-order valence-corrected chi connectivity index (χ1v) is 14.5. The van der Waals surface area contributed by atoms with Crippen molar-refractivity contribution in [2.75, 3.05) is 4.72 Å². The molecule has 214 valence electrons.